The molecule has 0 saturated heterocycles. The van der Waals surface area contributed by atoms with Crippen LogP contribution >= 0.6 is 0 Å². The molecular weight excluding hydrogens is 238 g/mol. The highest BCUT2D eigenvalue weighted by Crippen LogP contribution is 2.19. The van der Waals surface area contributed by atoms with Gasteiger partial charge in [0.05, 0.1) is 11.9 Å². The van der Waals surface area contributed by atoms with E-state index < -0.39 is 0 Å². The largest absolute Gasteiger partial charge is 0.385 e. The lowest BCUT2D eigenvalue weighted by Gasteiger charge is -2.13. The van der Waals surface area contributed by atoms with E-state index in [0.29, 0.717) is 6.04 Å². The Bertz CT molecular complexity index is 481. The normalized spacial score (nSPS) is 12.5. The van der Waals surface area contributed by atoms with Crippen molar-refractivity contribution in [2.75, 3.05) is 20.8 Å². The second-order valence-corrected chi connectivity index (χ2v) is 4.53. The van der Waals surface area contributed by atoms with Crippen LogP contribution in [0.15, 0.2) is 42.7 Å². The molecule has 1 aromatic heterocycles. The number of ether oxygens (including phenoxy) is 1. The minimum Gasteiger partial charge on any atom is -0.385 e. The molecule has 1 aromatic carbocycles. The van der Waals surface area contributed by atoms with Gasteiger partial charge in [-0.15, -0.1) is 0 Å². The lowest BCUT2D eigenvalue weighted by Crippen LogP contribution is -2.16. The third kappa shape index (κ3) is 3.66. The predicted octanol–water partition coefficient (Wildman–Crippen LogP) is 2.56. The van der Waals surface area contributed by atoms with Crippen molar-refractivity contribution >= 4 is 0 Å². The standard InChI is InChI=1S/C15H21N3O/c1-16-15(9-6-10-19-2)13-11-17-18(12-13)14-7-4-3-5-8-14/h3-5,7-8,11-12,15-16H,6,9-10H2,1-2H3. The Morgan fingerprint density at radius 2 is 2.11 bits per heavy atom. The lowest BCUT2D eigenvalue weighted by molar-refractivity contribution is 0.189. The maximum absolute atomic E-state index is 5.10. The van der Waals surface area contributed by atoms with Gasteiger partial charge in [0, 0.05) is 31.5 Å². The molecule has 0 aliphatic heterocycles. The number of nitrogens with one attached hydrogen (secondary N) is 1. The van der Waals surface area contributed by atoms with Crippen LogP contribution in [0.1, 0.15) is 24.4 Å². The summed E-state index contributed by atoms with van der Waals surface area (Å²) in [5, 5.41) is 7.76. The van der Waals surface area contributed by atoms with Crippen molar-refractivity contribution in [3.63, 3.8) is 0 Å². The number of rotatable bonds is 7. The summed E-state index contributed by atoms with van der Waals surface area (Å²) in [4.78, 5) is 0. The van der Waals surface area contributed by atoms with Crippen molar-refractivity contribution in [1.82, 2.24) is 15.1 Å². The molecule has 4 heteroatoms. The summed E-state index contributed by atoms with van der Waals surface area (Å²) < 4.78 is 7.01. The zero-order valence-electron chi connectivity index (χ0n) is 11.5. The molecule has 2 rings (SSSR count). The Morgan fingerprint density at radius 3 is 2.79 bits per heavy atom. The van der Waals surface area contributed by atoms with Crippen molar-refractivity contribution in [2.24, 2.45) is 0 Å². The monoisotopic (exact) mass is 259 g/mol. The minimum absolute atomic E-state index is 0.326. The van der Waals surface area contributed by atoms with Gasteiger partial charge in [0.15, 0.2) is 0 Å². The van der Waals surface area contributed by atoms with Crippen LogP contribution in [-0.4, -0.2) is 30.5 Å². The average molecular weight is 259 g/mol. The second kappa shape index (κ2) is 7.07. The van der Waals surface area contributed by atoms with Crippen LogP contribution < -0.4 is 5.32 Å². The SMILES string of the molecule is CNC(CCCOC)c1cnn(-c2ccccc2)c1. The Hall–Kier alpha value is -1.65. The van der Waals surface area contributed by atoms with Crippen molar-refractivity contribution in [1.29, 1.82) is 0 Å². The van der Waals surface area contributed by atoms with Crippen LogP contribution in [0.3, 0.4) is 0 Å². The Balaban J connectivity index is 2.06. The number of aromatic nitrogens is 2. The molecule has 19 heavy (non-hydrogen) atoms. The van der Waals surface area contributed by atoms with E-state index in [4.69, 9.17) is 4.74 Å². The molecule has 2 aromatic rings. The molecular formula is C15H21N3O. The summed E-state index contributed by atoms with van der Waals surface area (Å²) in [6, 6.07) is 10.5. The van der Waals surface area contributed by atoms with E-state index in [1.54, 1.807) is 7.11 Å². The van der Waals surface area contributed by atoms with E-state index in [2.05, 4.69) is 28.7 Å². The Morgan fingerprint density at radius 1 is 1.32 bits per heavy atom. The summed E-state index contributed by atoms with van der Waals surface area (Å²) in [5.74, 6) is 0. The maximum Gasteiger partial charge on any atom is 0.0645 e. The second-order valence-electron chi connectivity index (χ2n) is 4.53. The van der Waals surface area contributed by atoms with E-state index in [1.165, 1.54) is 5.56 Å². The van der Waals surface area contributed by atoms with Crippen LogP contribution in [0.5, 0.6) is 0 Å². The van der Waals surface area contributed by atoms with Gasteiger partial charge >= 0.3 is 0 Å². The number of para-hydroxylation sites is 1. The van der Waals surface area contributed by atoms with Crippen LogP contribution in [0.2, 0.25) is 0 Å². The highest BCUT2D eigenvalue weighted by Gasteiger charge is 2.11. The first kappa shape index (κ1) is 13.8. The third-order valence-electron chi connectivity index (χ3n) is 3.22. The summed E-state index contributed by atoms with van der Waals surface area (Å²) in [6.45, 7) is 0.797. The molecule has 4 nitrogen and oxygen atoms in total. The molecule has 0 aliphatic carbocycles. The van der Waals surface area contributed by atoms with E-state index in [-0.39, 0.29) is 0 Å². The molecule has 1 atom stereocenters. The van der Waals surface area contributed by atoms with Crippen molar-refractivity contribution in [2.45, 2.75) is 18.9 Å². The summed E-state index contributed by atoms with van der Waals surface area (Å²) in [7, 11) is 3.72. The van der Waals surface area contributed by atoms with E-state index >= 15 is 0 Å². The van der Waals surface area contributed by atoms with Crippen molar-refractivity contribution in [3.05, 3.63) is 48.3 Å². The average Bonchev–Trinajstić information content (AvgIpc) is 2.94. The quantitative estimate of drug-likeness (QED) is 0.777. The number of hydrogen-bond acceptors (Lipinski definition) is 3. The maximum atomic E-state index is 5.10. The summed E-state index contributed by atoms with van der Waals surface area (Å²) in [5.41, 5.74) is 2.29. The highest BCUT2D eigenvalue weighted by atomic mass is 16.5. The highest BCUT2D eigenvalue weighted by molar-refractivity contribution is 5.31. The zero-order valence-corrected chi connectivity index (χ0v) is 11.5. The lowest BCUT2D eigenvalue weighted by atomic mass is 10.1. The van der Waals surface area contributed by atoms with Crippen LogP contribution in [0, 0.1) is 0 Å². The molecule has 0 fully saturated rings. The van der Waals surface area contributed by atoms with Gasteiger partial charge in [0.25, 0.3) is 0 Å². The molecule has 102 valence electrons. The molecule has 0 radical (unpaired) electrons. The fourth-order valence-corrected chi connectivity index (χ4v) is 2.15. The Kier molecular flexibility index (Phi) is 5.12. The first-order valence-electron chi connectivity index (χ1n) is 6.61. The van der Waals surface area contributed by atoms with Gasteiger partial charge in [0.1, 0.15) is 0 Å². The van der Waals surface area contributed by atoms with Crippen molar-refractivity contribution in [3.8, 4) is 5.69 Å². The fraction of sp³-hybridized carbons (Fsp3) is 0.400. The van der Waals surface area contributed by atoms with Gasteiger partial charge in [-0.2, -0.15) is 5.10 Å². The summed E-state index contributed by atoms with van der Waals surface area (Å²) in [6.07, 6.45) is 6.10. The number of hydrogen-bond donors (Lipinski definition) is 1. The van der Waals surface area contributed by atoms with Crippen molar-refractivity contribution < 1.29 is 4.74 Å². The van der Waals surface area contributed by atoms with Crippen LogP contribution in [0.4, 0.5) is 0 Å². The molecule has 1 heterocycles. The predicted molar refractivity (Wildman–Crippen MR) is 76.5 cm³/mol. The van der Waals surface area contributed by atoms with Gasteiger partial charge < -0.3 is 10.1 Å². The topological polar surface area (TPSA) is 39.1 Å². The van der Waals surface area contributed by atoms with Gasteiger partial charge in [-0.25, -0.2) is 4.68 Å². The Labute approximate surface area is 114 Å². The molecule has 1 unspecified atom stereocenters. The molecule has 1 N–H and O–H groups in total. The smallest absolute Gasteiger partial charge is 0.0645 e. The van der Waals surface area contributed by atoms with Gasteiger partial charge in [0.2, 0.25) is 0 Å². The molecule has 0 saturated carbocycles. The number of methoxy groups -OCH3 is 1. The number of nitrogens with zero attached hydrogens (tertiary/aromatic N) is 2. The van der Waals surface area contributed by atoms with E-state index in [0.717, 1.165) is 25.1 Å². The molecule has 0 aliphatic rings. The van der Waals surface area contributed by atoms with Gasteiger partial charge in [-0.3, -0.25) is 0 Å². The summed E-state index contributed by atoms with van der Waals surface area (Å²) >= 11 is 0. The molecule has 0 bridgehead atoms. The first-order chi connectivity index (χ1) is 9.35. The van der Waals surface area contributed by atoms with Gasteiger partial charge in [-0.05, 0) is 32.0 Å². The molecule has 0 amide bonds. The van der Waals surface area contributed by atoms with Crippen LogP contribution in [0.25, 0.3) is 5.69 Å². The first-order valence-corrected chi connectivity index (χ1v) is 6.61. The zero-order chi connectivity index (χ0) is 13.5. The van der Waals surface area contributed by atoms with Crippen LogP contribution in [-0.2, 0) is 4.74 Å². The van der Waals surface area contributed by atoms with Gasteiger partial charge in [-0.1, -0.05) is 18.2 Å². The van der Waals surface area contributed by atoms with E-state index in [1.807, 2.05) is 36.1 Å². The van der Waals surface area contributed by atoms with E-state index in [9.17, 15) is 0 Å². The fourth-order valence-electron chi connectivity index (χ4n) is 2.15. The third-order valence-corrected chi connectivity index (χ3v) is 3.22. The molecule has 0 spiro atoms. The number of benzene rings is 1. The minimum atomic E-state index is 0.326.